The van der Waals surface area contributed by atoms with E-state index in [1.54, 1.807) is 16.7 Å². The van der Waals surface area contributed by atoms with Crippen LogP contribution in [0.5, 0.6) is 0 Å². The van der Waals surface area contributed by atoms with Crippen LogP contribution in [0.15, 0.2) is 53.6 Å². The van der Waals surface area contributed by atoms with Gasteiger partial charge in [-0.2, -0.15) is 0 Å². The minimum atomic E-state index is -0.0321. The van der Waals surface area contributed by atoms with Crippen molar-refractivity contribution in [1.82, 2.24) is 9.55 Å². The predicted molar refractivity (Wildman–Crippen MR) is 108 cm³/mol. The highest BCUT2D eigenvalue weighted by Gasteiger charge is 2.11. The number of halogens is 2. The van der Waals surface area contributed by atoms with E-state index in [0.717, 1.165) is 33.8 Å². The SMILES string of the molecule is NCCc1c[nH]c2ccc3c(=O)n(Cc4ccc(Cl)c(Cl)c4)ccc3c12. The predicted octanol–water partition coefficient (Wildman–Crippen LogP) is 4.34. The van der Waals surface area contributed by atoms with Crippen LogP contribution in [0.4, 0.5) is 0 Å². The van der Waals surface area contributed by atoms with Crippen LogP contribution in [-0.4, -0.2) is 16.1 Å². The molecule has 4 rings (SSSR count). The average Bonchev–Trinajstić information content (AvgIpc) is 3.04. The molecule has 0 spiro atoms. The van der Waals surface area contributed by atoms with Gasteiger partial charge in [0, 0.05) is 28.7 Å². The summed E-state index contributed by atoms with van der Waals surface area (Å²) < 4.78 is 1.68. The van der Waals surface area contributed by atoms with Gasteiger partial charge in [-0.3, -0.25) is 4.79 Å². The molecule has 0 bridgehead atoms. The minimum absolute atomic E-state index is 0.0321. The molecule has 0 unspecified atom stereocenters. The molecule has 2 heterocycles. The Balaban J connectivity index is 1.84. The van der Waals surface area contributed by atoms with Crippen LogP contribution in [0.1, 0.15) is 11.1 Å². The van der Waals surface area contributed by atoms with Gasteiger partial charge < -0.3 is 15.3 Å². The number of hydrogen-bond acceptors (Lipinski definition) is 2. The zero-order valence-electron chi connectivity index (χ0n) is 13.9. The van der Waals surface area contributed by atoms with Gasteiger partial charge in [0.2, 0.25) is 0 Å². The standard InChI is InChI=1S/C20H17Cl2N3O/c21-16-3-1-12(9-17(16)22)11-25-8-6-14-15(20(25)26)2-4-18-19(14)13(5-7-23)10-24-18/h1-4,6,8-10,24H,5,7,11,23H2. The summed E-state index contributed by atoms with van der Waals surface area (Å²) in [6, 6.07) is 11.2. The van der Waals surface area contributed by atoms with Crippen LogP contribution >= 0.6 is 23.2 Å². The van der Waals surface area contributed by atoms with Crippen molar-refractivity contribution in [3.05, 3.63) is 80.3 Å². The van der Waals surface area contributed by atoms with E-state index in [1.165, 1.54) is 0 Å². The van der Waals surface area contributed by atoms with Crippen LogP contribution in [0.3, 0.4) is 0 Å². The molecule has 0 saturated heterocycles. The number of H-pyrrole nitrogens is 1. The molecule has 0 aliphatic heterocycles. The first-order valence-corrected chi connectivity index (χ1v) is 9.10. The number of aromatic nitrogens is 2. The molecule has 4 nitrogen and oxygen atoms in total. The molecule has 0 atom stereocenters. The highest BCUT2D eigenvalue weighted by atomic mass is 35.5. The summed E-state index contributed by atoms with van der Waals surface area (Å²) in [5.74, 6) is 0. The third kappa shape index (κ3) is 2.90. The van der Waals surface area contributed by atoms with Gasteiger partial charge in [-0.1, -0.05) is 29.3 Å². The van der Waals surface area contributed by atoms with Crippen molar-refractivity contribution in [2.45, 2.75) is 13.0 Å². The minimum Gasteiger partial charge on any atom is -0.361 e. The second-order valence-corrected chi connectivity index (χ2v) is 7.11. The Morgan fingerprint density at radius 1 is 1.04 bits per heavy atom. The van der Waals surface area contributed by atoms with Gasteiger partial charge in [0.15, 0.2) is 0 Å². The zero-order valence-corrected chi connectivity index (χ0v) is 15.4. The molecule has 2 aromatic carbocycles. The highest BCUT2D eigenvalue weighted by Crippen LogP contribution is 2.27. The molecule has 0 radical (unpaired) electrons. The number of hydrogen-bond donors (Lipinski definition) is 2. The Hall–Kier alpha value is -2.27. The Bertz CT molecular complexity index is 1180. The molecule has 2 aromatic heterocycles. The van der Waals surface area contributed by atoms with Crippen LogP contribution in [0, 0.1) is 0 Å². The first-order chi connectivity index (χ1) is 12.6. The summed E-state index contributed by atoms with van der Waals surface area (Å²) in [6.45, 7) is 1.00. The molecule has 0 aliphatic rings. The Morgan fingerprint density at radius 3 is 2.65 bits per heavy atom. The maximum Gasteiger partial charge on any atom is 0.258 e. The van der Waals surface area contributed by atoms with Gasteiger partial charge in [0.05, 0.1) is 16.6 Å². The molecule has 6 heteroatoms. The summed E-state index contributed by atoms with van der Waals surface area (Å²) in [5, 5.41) is 3.70. The van der Waals surface area contributed by atoms with E-state index in [9.17, 15) is 4.79 Å². The quantitative estimate of drug-likeness (QED) is 0.548. The molecule has 4 aromatic rings. The third-order valence-corrected chi connectivity index (χ3v) is 5.37. The summed E-state index contributed by atoms with van der Waals surface area (Å²) in [6.07, 6.45) is 4.57. The van der Waals surface area contributed by atoms with E-state index < -0.39 is 0 Å². The van der Waals surface area contributed by atoms with Crippen LogP contribution < -0.4 is 11.3 Å². The van der Waals surface area contributed by atoms with Gasteiger partial charge in [0.25, 0.3) is 5.56 Å². The molecule has 0 saturated carbocycles. The van der Waals surface area contributed by atoms with Gasteiger partial charge in [-0.15, -0.1) is 0 Å². The van der Waals surface area contributed by atoms with E-state index in [0.29, 0.717) is 28.5 Å². The topological polar surface area (TPSA) is 63.8 Å². The average molecular weight is 386 g/mol. The zero-order chi connectivity index (χ0) is 18.3. The number of aromatic amines is 1. The monoisotopic (exact) mass is 385 g/mol. The van der Waals surface area contributed by atoms with Gasteiger partial charge >= 0.3 is 0 Å². The smallest absolute Gasteiger partial charge is 0.258 e. The second-order valence-electron chi connectivity index (χ2n) is 6.30. The number of nitrogens with one attached hydrogen (secondary N) is 1. The van der Waals surface area contributed by atoms with Gasteiger partial charge in [-0.05, 0) is 59.8 Å². The normalized spacial score (nSPS) is 11.5. The highest BCUT2D eigenvalue weighted by molar-refractivity contribution is 6.42. The molecule has 26 heavy (non-hydrogen) atoms. The number of benzene rings is 2. The molecular formula is C20H17Cl2N3O. The van der Waals surface area contributed by atoms with Crippen molar-refractivity contribution in [2.75, 3.05) is 6.54 Å². The second kappa shape index (κ2) is 6.80. The lowest BCUT2D eigenvalue weighted by molar-refractivity contribution is 0.768. The van der Waals surface area contributed by atoms with Crippen molar-refractivity contribution in [3.63, 3.8) is 0 Å². The van der Waals surface area contributed by atoms with Crippen LogP contribution in [0.2, 0.25) is 10.0 Å². The summed E-state index contributed by atoms with van der Waals surface area (Å²) >= 11 is 12.0. The van der Waals surface area contributed by atoms with Crippen molar-refractivity contribution < 1.29 is 0 Å². The van der Waals surface area contributed by atoms with E-state index in [4.69, 9.17) is 28.9 Å². The Kier molecular flexibility index (Phi) is 4.49. The molecular weight excluding hydrogens is 369 g/mol. The van der Waals surface area contributed by atoms with Gasteiger partial charge in [0.1, 0.15) is 0 Å². The van der Waals surface area contributed by atoms with Crippen LogP contribution in [0.25, 0.3) is 21.7 Å². The van der Waals surface area contributed by atoms with E-state index in [2.05, 4.69) is 4.98 Å². The molecule has 3 N–H and O–H groups in total. The summed E-state index contributed by atoms with van der Waals surface area (Å²) in [5.41, 5.74) is 8.76. The lowest BCUT2D eigenvalue weighted by Gasteiger charge is -2.09. The van der Waals surface area contributed by atoms with Crippen molar-refractivity contribution in [1.29, 1.82) is 0 Å². The van der Waals surface area contributed by atoms with Crippen molar-refractivity contribution in [2.24, 2.45) is 5.73 Å². The molecule has 0 amide bonds. The Morgan fingerprint density at radius 2 is 1.88 bits per heavy atom. The number of nitrogens with zero attached hydrogens (tertiary/aromatic N) is 1. The van der Waals surface area contributed by atoms with E-state index >= 15 is 0 Å². The first-order valence-electron chi connectivity index (χ1n) is 8.34. The number of pyridine rings is 1. The lowest BCUT2D eigenvalue weighted by Crippen LogP contribution is -2.20. The fourth-order valence-corrected chi connectivity index (χ4v) is 3.70. The third-order valence-electron chi connectivity index (χ3n) is 4.63. The lowest BCUT2D eigenvalue weighted by atomic mass is 10.0. The van der Waals surface area contributed by atoms with Crippen molar-refractivity contribution >= 4 is 44.9 Å². The largest absolute Gasteiger partial charge is 0.361 e. The van der Waals surface area contributed by atoms with Crippen molar-refractivity contribution in [3.8, 4) is 0 Å². The number of nitrogens with two attached hydrogens (primary N) is 1. The van der Waals surface area contributed by atoms with Gasteiger partial charge in [-0.25, -0.2) is 0 Å². The van der Waals surface area contributed by atoms with Crippen LogP contribution in [-0.2, 0) is 13.0 Å². The Labute approximate surface area is 160 Å². The first kappa shape index (κ1) is 17.2. The summed E-state index contributed by atoms with van der Waals surface area (Å²) in [4.78, 5) is 16.2. The number of rotatable bonds is 4. The summed E-state index contributed by atoms with van der Waals surface area (Å²) in [7, 11) is 0. The maximum absolute atomic E-state index is 13.0. The van der Waals surface area contributed by atoms with E-state index in [-0.39, 0.29) is 5.56 Å². The fourth-order valence-electron chi connectivity index (χ4n) is 3.38. The molecule has 132 valence electrons. The molecule has 0 aliphatic carbocycles. The molecule has 0 fully saturated rings. The van der Waals surface area contributed by atoms with E-state index in [1.807, 2.05) is 36.7 Å². The fraction of sp³-hybridized carbons (Fsp3) is 0.150. The maximum atomic E-state index is 13.0. The number of fused-ring (bicyclic) bond motifs is 3.